The molecule has 0 aliphatic heterocycles. The van der Waals surface area contributed by atoms with Crippen molar-refractivity contribution in [3.05, 3.63) is 74.8 Å². The van der Waals surface area contributed by atoms with Crippen LogP contribution in [0.5, 0.6) is 0 Å². The molecule has 0 atom stereocenters. The minimum Gasteiger partial charge on any atom is -0.322 e. The molecule has 130 valence electrons. The lowest BCUT2D eigenvalue weighted by molar-refractivity contribution is -0.384. The minimum atomic E-state index is -0.593. The van der Waals surface area contributed by atoms with E-state index in [1.807, 2.05) is 24.3 Å². The van der Waals surface area contributed by atoms with E-state index in [2.05, 4.69) is 26.1 Å². The number of benzene rings is 2. The van der Waals surface area contributed by atoms with Crippen molar-refractivity contribution in [1.82, 2.24) is 0 Å². The second-order valence-corrected chi connectivity index (χ2v) is 7.03. The van der Waals surface area contributed by atoms with Crippen LogP contribution in [0, 0.1) is 10.1 Å². The molecule has 2 aromatic carbocycles. The third-order valence-corrected chi connectivity index (χ3v) is 3.93. The van der Waals surface area contributed by atoms with E-state index in [9.17, 15) is 14.9 Å². The van der Waals surface area contributed by atoms with Gasteiger partial charge in [0.1, 0.15) is 5.02 Å². The number of nitrogens with zero attached hydrogens (tertiary/aromatic N) is 1. The van der Waals surface area contributed by atoms with Crippen LogP contribution in [0.25, 0.3) is 6.08 Å². The van der Waals surface area contributed by atoms with Crippen molar-refractivity contribution < 1.29 is 9.72 Å². The Bertz CT molecular complexity index is 822. The summed E-state index contributed by atoms with van der Waals surface area (Å²) in [4.78, 5) is 22.2. The van der Waals surface area contributed by atoms with Gasteiger partial charge in [0.15, 0.2) is 0 Å². The summed E-state index contributed by atoms with van der Waals surface area (Å²) in [6.45, 7) is 6.41. The average molecular weight is 359 g/mol. The van der Waals surface area contributed by atoms with Crippen molar-refractivity contribution in [3.8, 4) is 0 Å². The Hall–Kier alpha value is -2.66. The number of hydrogen-bond acceptors (Lipinski definition) is 3. The molecule has 5 nitrogen and oxygen atoms in total. The molecule has 0 fully saturated rings. The van der Waals surface area contributed by atoms with Gasteiger partial charge in [-0.3, -0.25) is 14.9 Å². The molecule has 0 heterocycles. The van der Waals surface area contributed by atoms with E-state index in [0.717, 1.165) is 5.56 Å². The summed E-state index contributed by atoms with van der Waals surface area (Å²) in [5.41, 5.74) is 2.24. The van der Waals surface area contributed by atoms with E-state index >= 15 is 0 Å². The van der Waals surface area contributed by atoms with Crippen molar-refractivity contribution in [3.63, 3.8) is 0 Å². The number of rotatable bonds is 4. The topological polar surface area (TPSA) is 72.2 Å². The number of nitrogens with one attached hydrogen (secondary N) is 1. The van der Waals surface area contributed by atoms with Crippen LogP contribution in [0.4, 0.5) is 11.4 Å². The summed E-state index contributed by atoms with van der Waals surface area (Å²) in [5.74, 6) is -0.378. The summed E-state index contributed by atoms with van der Waals surface area (Å²) in [7, 11) is 0. The Labute approximate surface area is 151 Å². The predicted octanol–water partition coefficient (Wildman–Crippen LogP) is 5.20. The average Bonchev–Trinajstić information content (AvgIpc) is 2.54. The SMILES string of the molecule is CC(C)(C)c1ccc(/C=C/C(=O)Nc2ccc(Cl)c([N+](=O)[O-])c2)cc1. The van der Waals surface area contributed by atoms with Gasteiger partial charge in [-0.1, -0.05) is 56.6 Å². The number of nitro benzene ring substituents is 1. The molecule has 0 saturated heterocycles. The molecule has 2 aromatic rings. The number of nitro groups is 1. The number of anilines is 1. The Morgan fingerprint density at radius 3 is 2.36 bits per heavy atom. The lowest BCUT2D eigenvalue weighted by Gasteiger charge is -2.18. The standard InChI is InChI=1S/C19H19ClN2O3/c1-19(2,3)14-7-4-13(5-8-14)6-11-18(23)21-15-9-10-16(20)17(12-15)22(24)25/h4-12H,1-3H3,(H,21,23)/b11-6+. The first-order chi connectivity index (χ1) is 11.7. The molecule has 2 rings (SSSR count). The van der Waals surface area contributed by atoms with Crippen molar-refractivity contribution >= 4 is 35.0 Å². The molecule has 0 unspecified atom stereocenters. The van der Waals surface area contributed by atoms with Crippen LogP contribution in [0.2, 0.25) is 5.02 Å². The molecule has 0 bridgehead atoms. The van der Waals surface area contributed by atoms with E-state index in [1.165, 1.54) is 29.8 Å². The molecule has 1 N–H and O–H groups in total. The third-order valence-electron chi connectivity index (χ3n) is 3.61. The highest BCUT2D eigenvalue weighted by Gasteiger charge is 2.14. The van der Waals surface area contributed by atoms with Gasteiger partial charge in [-0.2, -0.15) is 0 Å². The van der Waals surface area contributed by atoms with Crippen LogP contribution in [0.15, 0.2) is 48.5 Å². The van der Waals surface area contributed by atoms with Crippen molar-refractivity contribution in [1.29, 1.82) is 0 Å². The van der Waals surface area contributed by atoms with Crippen LogP contribution >= 0.6 is 11.6 Å². The predicted molar refractivity (Wildman–Crippen MR) is 101 cm³/mol. The zero-order chi connectivity index (χ0) is 18.6. The molecule has 0 saturated carbocycles. The van der Waals surface area contributed by atoms with Crippen LogP contribution in [-0.4, -0.2) is 10.8 Å². The van der Waals surface area contributed by atoms with Gasteiger partial charge in [-0.25, -0.2) is 0 Å². The first kappa shape index (κ1) is 18.7. The minimum absolute atomic E-state index is 0.0254. The fourth-order valence-electron chi connectivity index (χ4n) is 2.18. The summed E-state index contributed by atoms with van der Waals surface area (Å²) >= 11 is 5.75. The molecule has 1 amide bonds. The molecule has 0 radical (unpaired) electrons. The second-order valence-electron chi connectivity index (χ2n) is 6.62. The van der Waals surface area contributed by atoms with Gasteiger partial charge in [0.2, 0.25) is 5.91 Å². The highest BCUT2D eigenvalue weighted by atomic mass is 35.5. The zero-order valence-electron chi connectivity index (χ0n) is 14.2. The van der Waals surface area contributed by atoms with Gasteiger partial charge in [0.05, 0.1) is 4.92 Å². The maximum atomic E-state index is 12.0. The molecule has 0 spiro atoms. The smallest absolute Gasteiger partial charge is 0.289 e. The fourth-order valence-corrected chi connectivity index (χ4v) is 2.37. The molecular formula is C19H19ClN2O3. The van der Waals surface area contributed by atoms with Crippen LogP contribution in [0.3, 0.4) is 0 Å². The molecule has 0 aromatic heterocycles. The molecular weight excluding hydrogens is 340 g/mol. The molecule has 0 aliphatic rings. The quantitative estimate of drug-likeness (QED) is 0.464. The largest absolute Gasteiger partial charge is 0.322 e. The Balaban J connectivity index is 2.06. The fraction of sp³-hybridized carbons (Fsp3) is 0.211. The summed E-state index contributed by atoms with van der Waals surface area (Å²) in [6, 6.07) is 12.1. The van der Waals surface area contributed by atoms with Gasteiger partial charge < -0.3 is 5.32 Å². The van der Waals surface area contributed by atoms with E-state index < -0.39 is 4.92 Å². The highest BCUT2D eigenvalue weighted by Crippen LogP contribution is 2.27. The first-order valence-electron chi connectivity index (χ1n) is 7.70. The molecule has 6 heteroatoms. The second kappa shape index (κ2) is 7.49. The Kier molecular flexibility index (Phi) is 5.59. The monoisotopic (exact) mass is 358 g/mol. The zero-order valence-corrected chi connectivity index (χ0v) is 15.0. The van der Waals surface area contributed by atoms with E-state index in [4.69, 9.17) is 11.6 Å². The summed E-state index contributed by atoms with van der Waals surface area (Å²) < 4.78 is 0. The Morgan fingerprint density at radius 2 is 1.80 bits per heavy atom. The normalized spacial score (nSPS) is 11.5. The van der Waals surface area contributed by atoms with Gasteiger partial charge in [-0.05, 0) is 34.8 Å². The lowest BCUT2D eigenvalue weighted by Crippen LogP contribution is -2.10. The Morgan fingerprint density at radius 1 is 1.16 bits per heavy atom. The summed E-state index contributed by atoms with van der Waals surface area (Å²) in [5, 5.41) is 13.5. The van der Waals surface area contributed by atoms with Crippen LogP contribution in [0.1, 0.15) is 31.9 Å². The van der Waals surface area contributed by atoms with Crippen molar-refractivity contribution in [2.24, 2.45) is 0 Å². The van der Waals surface area contributed by atoms with Crippen molar-refractivity contribution in [2.75, 3.05) is 5.32 Å². The van der Waals surface area contributed by atoms with E-state index in [0.29, 0.717) is 5.69 Å². The first-order valence-corrected chi connectivity index (χ1v) is 8.08. The van der Waals surface area contributed by atoms with Gasteiger partial charge >= 0.3 is 0 Å². The number of carbonyl (C=O) groups is 1. The number of halogens is 1. The maximum Gasteiger partial charge on any atom is 0.289 e. The number of amides is 1. The van der Waals surface area contributed by atoms with Gasteiger partial charge in [-0.15, -0.1) is 0 Å². The summed E-state index contributed by atoms with van der Waals surface area (Å²) in [6.07, 6.45) is 3.07. The van der Waals surface area contributed by atoms with Crippen LogP contribution < -0.4 is 5.32 Å². The van der Waals surface area contributed by atoms with Gasteiger partial charge in [0.25, 0.3) is 5.69 Å². The van der Waals surface area contributed by atoms with E-state index in [1.54, 1.807) is 6.08 Å². The highest BCUT2D eigenvalue weighted by molar-refractivity contribution is 6.32. The van der Waals surface area contributed by atoms with Crippen LogP contribution in [-0.2, 0) is 10.2 Å². The maximum absolute atomic E-state index is 12.0. The number of hydrogen-bond donors (Lipinski definition) is 1. The van der Waals surface area contributed by atoms with Crippen molar-refractivity contribution in [2.45, 2.75) is 26.2 Å². The third kappa shape index (κ3) is 5.16. The molecule has 25 heavy (non-hydrogen) atoms. The lowest BCUT2D eigenvalue weighted by atomic mass is 9.87. The number of carbonyl (C=O) groups excluding carboxylic acids is 1. The van der Waals surface area contributed by atoms with E-state index in [-0.39, 0.29) is 22.0 Å². The van der Waals surface area contributed by atoms with Gasteiger partial charge in [0, 0.05) is 17.8 Å². The molecule has 0 aliphatic carbocycles.